The summed E-state index contributed by atoms with van der Waals surface area (Å²) in [6.45, 7) is 0. The van der Waals surface area contributed by atoms with E-state index in [0.717, 1.165) is 27.9 Å². The lowest BCUT2D eigenvalue weighted by Crippen LogP contribution is -2.08. The Labute approximate surface area is 133 Å². The van der Waals surface area contributed by atoms with Crippen LogP contribution < -0.4 is 10.2 Å². The van der Waals surface area contributed by atoms with E-state index in [1.165, 1.54) is 0 Å². The first kappa shape index (κ1) is 13.6. The highest BCUT2D eigenvalue weighted by atomic mass is 16.3. The number of anilines is 3. The van der Waals surface area contributed by atoms with E-state index in [-0.39, 0.29) is 0 Å². The Hall–Kier alpha value is -3.08. The van der Waals surface area contributed by atoms with Gasteiger partial charge in [0.2, 0.25) is 0 Å². The van der Waals surface area contributed by atoms with Crippen LogP contribution in [0, 0.1) is 0 Å². The average Bonchev–Trinajstić information content (AvgIpc) is 2.95. The summed E-state index contributed by atoms with van der Waals surface area (Å²) < 4.78 is 5.92. The molecule has 0 radical (unpaired) electrons. The van der Waals surface area contributed by atoms with Gasteiger partial charge in [0.1, 0.15) is 17.4 Å². The van der Waals surface area contributed by atoms with Crippen molar-refractivity contribution in [2.45, 2.75) is 0 Å². The maximum Gasteiger partial charge on any atom is 0.196 e. The minimum Gasteiger partial charge on any atom is -0.450 e. The van der Waals surface area contributed by atoms with E-state index in [4.69, 9.17) is 4.42 Å². The molecule has 0 fully saturated rings. The molecule has 0 saturated heterocycles. The summed E-state index contributed by atoms with van der Waals surface area (Å²) >= 11 is 0. The molecule has 0 aliphatic rings. The third kappa shape index (κ3) is 2.36. The van der Waals surface area contributed by atoms with Crippen LogP contribution in [0.1, 0.15) is 0 Å². The molecule has 2 heterocycles. The predicted molar refractivity (Wildman–Crippen MR) is 93.4 cm³/mol. The van der Waals surface area contributed by atoms with Crippen LogP contribution in [0.3, 0.4) is 0 Å². The number of benzene rings is 2. The van der Waals surface area contributed by atoms with Crippen molar-refractivity contribution in [1.29, 1.82) is 0 Å². The molecule has 0 amide bonds. The molecular weight excluding hydrogens is 288 g/mol. The molecular formula is C18H16N4O. The highest BCUT2D eigenvalue weighted by Gasteiger charge is 2.12. The van der Waals surface area contributed by atoms with E-state index in [9.17, 15) is 0 Å². The lowest BCUT2D eigenvalue weighted by molar-refractivity contribution is 0.667. The van der Waals surface area contributed by atoms with Crippen molar-refractivity contribution in [3.63, 3.8) is 0 Å². The van der Waals surface area contributed by atoms with Crippen LogP contribution in [0.2, 0.25) is 0 Å². The lowest BCUT2D eigenvalue weighted by Gasteiger charge is -2.13. The Morgan fingerprint density at radius 1 is 0.957 bits per heavy atom. The summed E-state index contributed by atoms with van der Waals surface area (Å²) in [5, 5.41) is 4.31. The monoisotopic (exact) mass is 304 g/mol. The Kier molecular flexibility index (Phi) is 3.12. The highest BCUT2D eigenvalue weighted by molar-refractivity contribution is 6.05. The summed E-state index contributed by atoms with van der Waals surface area (Å²) in [4.78, 5) is 10.7. The summed E-state index contributed by atoms with van der Waals surface area (Å²) in [6, 6.07) is 16.0. The third-order valence-electron chi connectivity index (χ3n) is 3.80. The zero-order valence-corrected chi connectivity index (χ0v) is 12.9. The van der Waals surface area contributed by atoms with Crippen LogP contribution in [0.5, 0.6) is 0 Å². The van der Waals surface area contributed by atoms with Gasteiger partial charge in [0, 0.05) is 30.9 Å². The summed E-state index contributed by atoms with van der Waals surface area (Å²) in [7, 11) is 4.04. The van der Waals surface area contributed by atoms with Gasteiger partial charge in [-0.15, -0.1) is 0 Å². The van der Waals surface area contributed by atoms with Crippen LogP contribution in [0.15, 0.2) is 59.3 Å². The fourth-order valence-electron chi connectivity index (χ4n) is 2.59. The molecule has 0 aliphatic heterocycles. The van der Waals surface area contributed by atoms with Crippen molar-refractivity contribution in [1.82, 2.24) is 9.97 Å². The molecule has 5 nitrogen and oxygen atoms in total. The first-order valence-electron chi connectivity index (χ1n) is 7.39. The van der Waals surface area contributed by atoms with E-state index in [2.05, 4.69) is 32.3 Å². The molecule has 0 aliphatic carbocycles. The van der Waals surface area contributed by atoms with Gasteiger partial charge in [-0.05, 0) is 36.4 Å². The van der Waals surface area contributed by atoms with Crippen LogP contribution >= 0.6 is 0 Å². The molecule has 1 N–H and O–H groups in total. The van der Waals surface area contributed by atoms with Crippen molar-refractivity contribution >= 4 is 39.3 Å². The molecule has 114 valence electrons. The quantitative estimate of drug-likeness (QED) is 0.615. The highest BCUT2D eigenvalue weighted by Crippen LogP contribution is 2.31. The summed E-state index contributed by atoms with van der Waals surface area (Å²) in [5.41, 5.74) is 4.41. The number of hydrogen-bond donors (Lipinski definition) is 1. The van der Waals surface area contributed by atoms with E-state index in [1.807, 2.05) is 50.5 Å². The number of fused-ring (bicyclic) bond motifs is 3. The first-order chi connectivity index (χ1) is 11.2. The fraction of sp³-hybridized carbons (Fsp3) is 0.111. The van der Waals surface area contributed by atoms with Gasteiger partial charge in [0.05, 0.1) is 0 Å². The molecule has 4 aromatic rings. The Morgan fingerprint density at radius 2 is 1.74 bits per heavy atom. The Balaban J connectivity index is 1.76. The minimum absolute atomic E-state index is 0.670. The van der Waals surface area contributed by atoms with Crippen molar-refractivity contribution < 1.29 is 4.42 Å². The minimum atomic E-state index is 0.670. The maximum atomic E-state index is 5.92. The second-order valence-electron chi connectivity index (χ2n) is 5.56. The van der Waals surface area contributed by atoms with Gasteiger partial charge in [-0.1, -0.05) is 12.1 Å². The van der Waals surface area contributed by atoms with E-state index < -0.39 is 0 Å². The molecule has 23 heavy (non-hydrogen) atoms. The van der Waals surface area contributed by atoms with Gasteiger partial charge in [-0.3, -0.25) is 0 Å². The summed E-state index contributed by atoms with van der Waals surface area (Å²) in [5.74, 6) is 0.670. The molecule has 0 saturated carbocycles. The number of furan rings is 1. The molecule has 2 aromatic carbocycles. The summed E-state index contributed by atoms with van der Waals surface area (Å²) in [6.07, 6.45) is 1.56. The standard InChI is InChI=1S/C18H16N4O/c1-22(2)13-9-7-12(8-10-13)21-18-17-16(19-11-20-18)14-5-3-4-6-15(14)23-17/h3-11H,1-2H3,(H,19,20,21). The van der Waals surface area contributed by atoms with E-state index in [1.54, 1.807) is 6.33 Å². The number of hydrogen-bond acceptors (Lipinski definition) is 5. The van der Waals surface area contributed by atoms with E-state index >= 15 is 0 Å². The van der Waals surface area contributed by atoms with Gasteiger partial charge in [-0.2, -0.15) is 0 Å². The number of aromatic nitrogens is 2. The largest absolute Gasteiger partial charge is 0.450 e. The fourth-order valence-corrected chi connectivity index (χ4v) is 2.59. The molecule has 0 bridgehead atoms. The Bertz CT molecular complexity index is 973. The normalized spacial score (nSPS) is 11.0. The van der Waals surface area contributed by atoms with Crippen molar-refractivity contribution in [2.75, 3.05) is 24.3 Å². The number of para-hydroxylation sites is 1. The third-order valence-corrected chi connectivity index (χ3v) is 3.80. The van der Waals surface area contributed by atoms with E-state index in [0.29, 0.717) is 11.4 Å². The van der Waals surface area contributed by atoms with Gasteiger partial charge in [0.15, 0.2) is 11.4 Å². The molecule has 5 heteroatoms. The SMILES string of the molecule is CN(C)c1ccc(Nc2ncnc3c2oc2ccccc23)cc1. The number of nitrogens with zero attached hydrogens (tertiary/aromatic N) is 3. The maximum absolute atomic E-state index is 5.92. The Morgan fingerprint density at radius 3 is 2.52 bits per heavy atom. The lowest BCUT2D eigenvalue weighted by atomic mass is 10.2. The van der Waals surface area contributed by atoms with Gasteiger partial charge in [-0.25, -0.2) is 9.97 Å². The second kappa shape index (κ2) is 5.28. The smallest absolute Gasteiger partial charge is 0.196 e. The average molecular weight is 304 g/mol. The van der Waals surface area contributed by atoms with Crippen molar-refractivity contribution in [3.05, 3.63) is 54.9 Å². The second-order valence-corrected chi connectivity index (χ2v) is 5.56. The van der Waals surface area contributed by atoms with Crippen LogP contribution in [-0.4, -0.2) is 24.1 Å². The van der Waals surface area contributed by atoms with Gasteiger partial charge < -0.3 is 14.6 Å². The van der Waals surface area contributed by atoms with Gasteiger partial charge in [0.25, 0.3) is 0 Å². The molecule has 0 atom stereocenters. The molecule has 0 unspecified atom stereocenters. The molecule has 2 aromatic heterocycles. The zero-order chi connectivity index (χ0) is 15.8. The first-order valence-corrected chi connectivity index (χ1v) is 7.39. The van der Waals surface area contributed by atoms with Crippen LogP contribution in [-0.2, 0) is 0 Å². The van der Waals surface area contributed by atoms with Crippen molar-refractivity contribution in [3.8, 4) is 0 Å². The number of rotatable bonds is 3. The molecule has 0 spiro atoms. The predicted octanol–water partition coefficient (Wildman–Crippen LogP) is 4.19. The van der Waals surface area contributed by atoms with Crippen LogP contribution in [0.25, 0.3) is 22.1 Å². The number of nitrogens with one attached hydrogen (secondary N) is 1. The van der Waals surface area contributed by atoms with Gasteiger partial charge >= 0.3 is 0 Å². The zero-order valence-electron chi connectivity index (χ0n) is 12.9. The molecule has 4 rings (SSSR count). The van der Waals surface area contributed by atoms with Crippen molar-refractivity contribution in [2.24, 2.45) is 0 Å². The topological polar surface area (TPSA) is 54.2 Å². The van der Waals surface area contributed by atoms with Crippen LogP contribution in [0.4, 0.5) is 17.2 Å².